The van der Waals surface area contributed by atoms with Crippen molar-refractivity contribution >= 4 is 55.4 Å². The van der Waals surface area contributed by atoms with Gasteiger partial charge in [0, 0.05) is 23.1 Å². The molecular weight excluding hydrogens is 719 g/mol. The van der Waals surface area contributed by atoms with E-state index in [0.717, 1.165) is 15.4 Å². The highest BCUT2D eigenvalue weighted by atomic mass is 35.5. The van der Waals surface area contributed by atoms with Crippen LogP contribution in [-0.4, -0.2) is 50.7 Å². The van der Waals surface area contributed by atoms with E-state index in [0.29, 0.717) is 27.8 Å². The van der Waals surface area contributed by atoms with E-state index in [4.69, 9.17) is 27.6 Å². The van der Waals surface area contributed by atoms with Gasteiger partial charge >= 0.3 is 0 Å². The van der Waals surface area contributed by atoms with Gasteiger partial charge in [0.15, 0.2) is 0 Å². The van der Waals surface area contributed by atoms with E-state index < -0.39 is 32.5 Å². The number of nitrogens with zero attached hydrogens (tertiary/aromatic N) is 3. The summed E-state index contributed by atoms with van der Waals surface area (Å²) in [6.07, 6.45) is 1.65. The fourth-order valence-electron chi connectivity index (χ4n) is 4.90. The maximum Gasteiger partial charge on any atom is 0.255 e. The molecule has 4 aromatic carbocycles. The van der Waals surface area contributed by atoms with Crippen molar-refractivity contribution in [1.29, 1.82) is 0 Å². The number of sulfonamides is 2. The molecule has 10 nitrogen and oxygen atoms in total. The first-order valence-electron chi connectivity index (χ1n) is 15.4. The van der Waals surface area contributed by atoms with Crippen molar-refractivity contribution in [2.24, 2.45) is 5.10 Å². The number of amides is 1. The number of carbonyl (C=O) groups is 1. The van der Waals surface area contributed by atoms with Gasteiger partial charge in [-0.25, -0.2) is 22.3 Å². The van der Waals surface area contributed by atoms with Crippen molar-refractivity contribution in [1.82, 2.24) is 14.0 Å². The fraction of sp³-hybridized carbons (Fsp3) is 0.167. The third-order valence-corrected chi connectivity index (χ3v) is 11.8. The van der Waals surface area contributed by atoms with Gasteiger partial charge < -0.3 is 4.42 Å². The molecule has 1 N–H and O–H groups in total. The van der Waals surface area contributed by atoms with Crippen LogP contribution in [0.2, 0.25) is 10.0 Å². The summed E-state index contributed by atoms with van der Waals surface area (Å²) in [4.78, 5) is 13.1. The monoisotopic (exact) mass is 752 g/mol. The van der Waals surface area contributed by atoms with Crippen LogP contribution >= 0.6 is 23.2 Å². The van der Waals surface area contributed by atoms with Gasteiger partial charge in [-0.2, -0.15) is 13.7 Å². The Morgan fingerprint density at radius 3 is 1.94 bits per heavy atom. The van der Waals surface area contributed by atoms with Crippen molar-refractivity contribution in [2.45, 2.75) is 36.2 Å². The van der Waals surface area contributed by atoms with Gasteiger partial charge in [0.1, 0.15) is 11.5 Å². The van der Waals surface area contributed by atoms with Crippen molar-refractivity contribution in [2.75, 3.05) is 13.1 Å². The van der Waals surface area contributed by atoms with Gasteiger partial charge in [-0.05, 0) is 85.1 Å². The molecule has 0 radical (unpaired) electrons. The van der Waals surface area contributed by atoms with Gasteiger partial charge in [0.2, 0.25) is 20.0 Å². The number of hydrazone groups is 1. The Hall–Kier alpha value is -4.30. The molecule has 0 unspecified atom stereocenters. The Morgan fingerprint density at radius 2 is 1.30 bits per heavy atom. The summed E-state index contributed by atoms with van der Waals surface area (Å²) in [7, 11) is -7.97. The molecule has 0 aliphatic heterocycles. The number of aryl methyl sites for hydroxylation is 1. The second-order valence-electron chi connectivity index (χ2n) is 11.3. The molecule has 0 aliphatic rings. The molecule has 1 heterocycles. The zero-order valence-electron chi connectivity index (χ0n) is 26.9. The minimum atomic E-state index is -3.99. The van der Waals surface area contributed by atoms with Crippen LogP contribution in [0.1, 0.15) is 28.2 Å². The zero-order chi connectivity index (χ0) is 35.7. The zero-order valence-corrected chi connectivity index (χ0v) is 30.1. The largest absolute Gasteiger partial charge is 0.459 e. The standard InChI is InChI=1S/C36H34Cl2N4O6S2/c1-27-7-17-34(18-8-27)49(44,45)41(22-21-28-5-3-2-4-6-28)26-36(43)40-39-23-32-15-16-33(48-32)25-42(24-29-9-11-30(37)12-10-29)50(46,47)35-19-13-31(38)14-20-35/h2-20,23H,21-22,24-26H2,1H3,(H,40,43)/b39-23-. The van der Waals surface area contributed by atoms with Crippen LogP contribution in [0.4, 0.5) is 0 Å². The van der Waals surface area contributed by atoms with Crippen LogP contribution in [0.3, 0.4) is 0 Å². The second-order valence-corrected chi connectivity index (χ2v) is 16.1. The highest BCUT2D eigenvalue weighted by molar-refractivity contribution is 7.89. The van der Waals surface area contributed by atoms with Gasteiger partial charge in [-0.1, -0.05) is 83.4 Å². The predicted octanol–water partition coefficient (Wildman–Crippen LogP) is 6.67. The van der Waals surface area contributed by atoms with Crippen molar-refractivity contribution in [3.05, 3.63) is 154 Å². The molecule has 50 heavy (non-hydrogen) atoms. The van der Waals surface area contributed by atoms with Crippen molar-refractivity contribution in [3.8, 4) is 0 Å². The van der Waals surface area contributed by atoms with E-state index in [-0.39, 0.29) is 35.2 Å². The molecule has 0 aliphatic carbocycles. The first kappa shape index (κ1) is 37.0. The summed E-state index contributed by atoms with van der Waals surface area (Å²) in [6.45, 7) is 1.39. The third-order valence-electron chi connectivity index (χ3n) is 7.59. The Morgan fingerprint density at radius 1 is 0.720 bits per heavy atom. The molecule has 0 bridgehead atoms. The maximum atomic E-state index is 13.7. The number of rotatable bonds is 15. The lowest BCUT2D eigenvalue weighted by Gasteiger charge is -2.21. The average Bonchev–Trinajstić information content (AvgIpc) is 3.55. The molecule has 0 atom stereocenters. The molecule has 0 saturated heterocycles. The summed E-state index contributed by atoms with van der Waals surface area (Å²) >= 11 is 12.0. The summed E-state index contributed by atoms with van der Waals surface area (Å²) < 4.78 is 62.6. The quantitative estimate of drug-likeness (QED) is 0.0940. The van der Waals surface area contributed by atoms with Crippen LogP contribution in [0.15, 0.2) is 135 Å². The van der Waals surface area contributed by atoms with E-state index in [9.17, 15) is 21.6 Å². The average molecular weight is 754 g/mol. The van der Waals surface area contributed by atoms with Gasteiger partial charge in [-0.15, -0.1) is 0 Å². The third kappa shape index (κ3) is 9.90. The minimum absolute atomic E-state index is 0.0363. The Kier molecular flexibility index (Phi) is 12.3. The van der Waals surface area contributed by atoms with Gasteiger partial charge in [-0.3, -0.25) is 4.79 Å². The lowest BCUT2D eigenvalue weighted by atomic mass is 10.1. The van der Waals surface area contributed by atoms with Crippen molar-refractivity contribution in [3.63, 3.8) is 0 Å². The summed E-state index contributed by atoms with van der Waals surface area (Å²) in [5, 5.41) is 4.89. The number of benzene rings is 4. The summed E-state index contributed by atoms with van der Waals surface area (Å²) in [5.41, 5.74) is 4.91. The topological polar surface area (TPSA) is 129 Å². The first-order chi connectivity index (χ1) is 23.9. The number of halogens is 2. The van der Waals surface area contributed by atoms with E-state index in [1.54, 1.807) is 48.5 Å². The normalized spacial score (nSPS) is 12.2. The Labute approximate surface area is 302 Å². The summed E-state index contributed by atoms with van der Waals surface area (Å²) in [5.74, 6) is -0.0932. The van der Waals surface area contributed by atoms with Crippen LogP contribution in [0.25, 0.3) is 0 Å². The molecule has 0 fully saturated rings. The Balaban J connectivity index is 1.27. The van der Waals surface area contributed by atoms with E-state index in [1.165, 1.54) is 46.9 Å². The van der Waals surface area contributed by atoms with Gasteiger partial charge in [0.05, 0.1) is 29.1 Å². The van der Waals surface area contributed by atoms with E-state index in [2.05, 4.69) is 10.5 Å². The highest BCUT2D eigenvalue weighted by Crippen LogP contribution is 2.24. The van der Waals surface area contributed by atoms with Crippen LogP contribution < -0.4 is 5.43 Å². The fourth-order valence-corrected chi connectivity index (χ4v) is 7.95. The van der Waals surface area contributed by atoms with Crippen molar-refractivity contribution < 1.29 is 26.0 Å². The van der Waals surface area contributed by atoms with E-state index in [1.807, 2.05) is 37.3 Å². The number of hydrogen-bond donors (Lipinski definition) is 1. The lowest BCUT2D eigenvalue weighted by molar-refractivity contribution is -0.121. The number of nitrogens with one attached hydrogen (secondary N) is 1. The minimum Gasteiger partial charge on any atom is -0.459 e. The molecule has 5 rings (SSSR count). The van der Waals surface area contributed by atoms with Crippen LogP contribution in [0, 0.1) is 6.92 Å². The molecule has 260 valence electrons. The SMILES string of the molecule is Cc1ccc(S(=O)(=O)N(CCc2ccccc2)CC(=O)N/N=C\c2ccc(CN(Cc3ccc(Cl)cc3)S(=O)(=O)c3ccc(Cl)cc3)o2)cc1. The molecule has 5 aromatic rings. The molecule has 1 aromatic heterocycles. The molecule has 0 saturated carbocycles. The van der Waals surface area contributed by atoms with Crippen LogP contribution in [0.5, 0.6) is 0 Å². The number of hydrogen-bond acceptors (Lipinski definition) is 7. The summed E-state index contributed by atoms with van der Waals surface area (Å²) in [6, 6.07) is 31.7. The smallest absolute Gasteiger partial charge is 0.255 e. The predicted molar refractivity (Wildman–Crippen MR) is 194 cm³/mol. The van der Waals surface area contributed by atoms with Gasteiger partial charge in [0.25, 0.3) is 5.91 Å². The highest BCUT2D eigenvalue weighted by Gasteiger charge is 2.28. The molecule has 14 heteroatoms. The number of furan rings is 1. The Bertz CT molecular complexity index is 2140. The maximum absolute atomic E-state index is 13.7. The molecular formula is C36H34Cl2N4O6S2. The van der Waals surface area contributed by atoms with E-state index >= 15 is 0 Å². The first-order valence-corrected chi connectivity index (χ1v) is 19.1. The molecule has 0 spiro atoms. The lowest BCUT2D eigenvalue weighted by Crippen LogP contribution is -2.40. The second kappa shape index (κ2) is 16.6. The molecule has 1 amide bonds. The number of carbonyl (C=O) groups excluding carboxylic acids is 1. The van der Waals surface area contributed by atoms with Crippen LogP contribution in [-0.2, 0) is 44.4 Å².